The zero-order valence-electron chi connectivity index (χ0n) is 81.6. The van der Waals surface area contributed by atoms with Gasteiger partial charge in [0, 0.05) is 147 Å². The molecule has 748 valence electrons. The number of anilines is 5. The molecule has 35 heteroatoms. The van der Waals surface area contributed by atoms with Crippen LogP contribution in [-0.2, 0) is 30.4 Å². The highest BCUT2D eigenvalue weighted by molar-refractivity contribution is 5.96. The van der Waals surface area contributed by atoms with Crippen molar-refractivity contribution in [1.82, 2.24) is 99.3 Å². The maximum atomic E-state index is 14.6. The van der Waals surface area contributed by atoms with E-state index in [0.29, 0.717) is 106 Å². The average Bonchev–Trinajstić information content (AvgIpc) is 1.52. The van der Waals surface area contributed by atoms with E-state index in [9.17, 15) is 45.9 Å². The summed E-state index contributed by atoms with van der Waals surface area (Å²) in [6.45, 7) is 39.9. The molecular weight excluding hydrogens is 1790 g/mol. The number of nitrogens with one attached hydrogen (secondary N) is 10. The number of nitrogens with zero attached hydrogens (tertiary/aromatic N) is 15. The van der Waals surface area contributed by atoms with Gasteiger partial charge in [-0.3, -0.25) is 24.0 Å². The Hall–Kier alpha value is -12.2. The number of alkyl halides is 5. The minimum Gasteiger partial charge on any atom is -0.365 e. The summed E-state index contributed by atoms with van der Waals surface area (Å²) >= 11 is 0. The van der Waals surface area contributed by atoms with Gasteiger partial charge in [-0.2, -0.15) is 0 Å². The number of amides is 5. The molecule has 0 aromatic carbocycles. The van der Waals surface area contributed by atoms with Crippen molar-refractivity contribution in [3.05, 3.63) is 154 Å². The van der Waals surface area contributed by atoms with Crippen LogP contribution < -0.4 is 26.6 Å². The number of piperidine rings is 5. The number of H-pyrrole nitrogens is 5. The van der Waals surface area contributed by atoms with Crippen LogP contribution in [-0.4, -0.2) is 250 Å². The second-order valence-electron chi connectivity index (χ2n) is 43.0. The zero-order valence-corrected chi connectivity index (χ0v) is 81.6. The molecule has 10 N–H and O–H groups in total. The van der Waals surface area contributed by atoms with Crippen molar-refractivity contribution < 1.29 is 45.9 Å². The topological polar surface area (TPSA) is 370 Å². The summed E-state index contributed by atoms with van der Waals surface area (Å²) in [5.74, 6) is 4.06. The van der Waals surface area contributed by atoms with Crippen LogP contribution in [0.15, 0.2) is 126 Å². The lowest BCUT2D eigenvalue weighted by Gasteiger charge is -2.38. The van der Waals surface area contributed by atoms with E-state index in [1.54, 1.807) is 47.3 Å². The molecule has 5 amide bonds. The van der Waals surface area contributed by atoms with Crippen LogP contribution in [0.4, 0.5) is 51.0 Å². The minimum absolute atomic E-state index is 0. The van der Waals surface area contributed by atoms with Crippen LogP contribution >= 0.6 is 0 Å². The Kier molecular flexibility index (Phi) is 27.7. The molecule has 5 unspecified atom stereocenters. The summed E-state index contributed by atoms with van der Waals surface area (Å²) in [5, 5.41) is 22.3. The Morgan fingerprint density at radius 1 is 0.350 bits per heavy atom. The number of hydrogen-bond donors (Lipinski definition) is 10. The number of aromatic amines is 5. The van der Waals surface area contributed by atoms with Crippen molar-refractivity contribution in [3.8, 4) is 0 Å². The molecule has 7 saturated carbocycles. The first-order valence-electron chi connectivity index (χ1n) is 49.9. The molecule has 0 radical (unpaired) electrons. The predicted molar refractivity (Wildman–Crippen MR) is 538 cm³/mol. The molecule has 140 heavy (non-hydrogen) atoms. The van der Waals surface area contributed by atoms with Gasteiger partial charge in [-0.1, -0.05) is 40.3 Å². The fourth-order valence-electron chi connectivity index (χ4n) is 23.8. The highest BCUT2D eigenvalue weighted by Crippen LogP contribution is 2.72. The summed E-state index contributed by atoms with van der Waals surface area (Å²) in [7, 11) is 0. The lowest BCUT2D eigenvalue weighted by atomic mass is 9.94. The number of aromatic nitrogens is 15. The van der Waals surface area contributed by atoms with Crippen molar-refractivity contribution in [2.24, 2.45) is 16.7 Å². The van der Waals surface area contributed by atoms with E-state index in [1.165, 1.54) is 60.5 Å². The Bertz CT molecular complexity index is 6030. The maximum absolute atomic E-state index is 14.6. The fourth-order valence-corrected chi connectivity index (χ4v) is 23.8. The van der Waals surface area contributed by atoms with E-state index in [2.05, 4.69) is 169 Å². The molecule has 22 atom stereocenters. The molecule has 2 spiro atoms. The smallest absolute Gasteiger partial charge is 0.246 e. The summed E-state index contributed by atoms with van der Waals surface area (Å²) in [5.41, 5.74) is 3.43. The van der Waals surface area contributed by atoms with Gasteiger partial charge < -0.3 is 76.0 Å². The van der Waals surface area contributed by atoms with Crippen molar-refractivity contribution in [2.45, 2.75) is 330 Å². The molecule has 0 bridgehead atoms. The van der Waals surface area contributed by atoms with Gasteiger partial charge in [0.25, 0.3) is 0 Å². The highest BCUT2D eigenvalue weighted by atomic mass is 19.2. The summed E-state index contributed by atoms with van der Waals surface area (Å²) in [4.78, 5) is 130. The lowest BCUT2D eigenvalue weighted by molar-refractivity contribution is -0.130. The zero-order chi connectivity index (χ0) is 98.3. The van der Waals surface area contributed by atoms with Crippen LogP contribution in [0.1, 0.15) is 263 Å². The van der Waals surface area contributed by atoms with Crippen LogP contribution in [0.2, 0.25) is 0 Å². The van der Waals surface area contributed by atoms with E-state index in [1.807, 2.05) is 55.5 Å². The lowest BCUT2D eigenvalue weighted by Crippen LogP contribution is -2.49. The third kappa shape index (κ3) is 20.0. The van der Waals surface area contributed by atoms with Gasteiger partial charge in [0.2, 0.25) is 29.5 Å². The van der Waals surface area contributed by atoms with E-state index < -0.39 is 28.3 Å². The fraction of sp³-hybridized carbons (Fsp3) is 0.571. The quantitative estimate of drug-likeness (QED) is 0.0236. The molecule has 5 saturated heterocycles. The third-order valence-electron chi connectivity index (χ3n) is 33.2. The van der Waals surface area contributed by atoms with E-state index in [4.69, 9.17) is 0 Å². The summed E-state index contributed by atoms with van der Waals surface area (Å²) < 4.78 is 71.6. The number of rotatable bonds is 21. The van der Waals surface area contributed by atoms with Gasteiger partial charge in [0.1, 0.15) is 117 Å². The Labute approximate surface area is 814 Å². The standard InChI is InChI=1S/2C23H30FN5O.C20H26FN5O.2C19H24FN5O.CH4/c2*1-4-18(30)29-11-16(6-5-14(29)2)28-21-19-17(10-25-20(19)26-13-27-21)15-7-8-23(9-15)12-22(23,3)24;1-4-16(27)26-10-15(6-5-12(26)2)25-19-17-13(7-14-8-20(14,3)21)9-22-18(17)23-11-24-19;2*1-4-15(26)25-9-12(6-5-11(25)2)24-18-16-13(14-7-19(14,3)20)8-21-17(16)22-10-23-18;/h2*4,10,13-16H,1,5-9,11-12H2,2-3H3,(H2,25,26,27,28);4,9,11-12,14-15H,1,5-8,10H2,2-3H3,(H2,22,23,24,25);2*4,8,10-12,14H,1,5-7,9H2,2-3H3,(H2,21,22,23,24);1H4/t14-,15+,16+,22?,23+;14-,15+,16+,22?,23-;12-,14-,15+,20?;11-,12+,14+,19?;11-,12+,14-,19?;/m00000./s1. The third-order valence-corrected chi connectivity index (χ3v) is 33.2. The molecule has 30 nitrogen and oxygen atoms in total. The SMILES string of the molecule is C.C=CC(=O)N1C[C@H](Nc2ncnc3[nH]cc(C[C@H]4CC4(C)F)c23)CC[C@@H]1C.C=CC(=O)N1C[C@H](Nc2ncnc3[nH]cc([C@@H]4CC4(C)F)c23)CC[C@@H]1C.C=CC(=O)N1C[C@H](Nc2ncnc3[nH]cc([C@@H]4CC[C@@]5(C4)CC5(C)F)c23)CC[C@@H]1C.C=CC(=O)N1C[C@H](Nc2ncnc3[nH]cc([C@@H]4CC[C@]5(C4)CC5(C)F)c23)CC[C@@H]1C.C=CC(=O)N1C[C@H](Nc2ncnc3[nH]cc([C@H]4CC4(C)F)c23)CC[C@@H]1C. The molecule has 12 fully saturated rings. The van der Waals surface area contributed by atoms with Gasteiger partial charge in [-0.05, 0) is 286 Å². The molecule has 10 aromatic rings. The van der Waals surface area contributed by atoms with Crippen molar-refractivity contribution in [3.63, 3.8) is 0 Å². The molecule has 15 heterocycles. The van der Waals surface area contributed by atoms with E-state index >= 15 is 0 Å². The first-order chi connectivity index (χ1) is 66.4. The molecule has 5 aliphatic heterocycles. The van der Waals surface area contributed by atoms with E-state index in [-0.39, 0.29) is 126 Å². The molecule has 22 rings (SSSR count). The molecule has 12 aliphatic rings. The van der Waals surface area contributed by atoms with Crippen LogP contribution in [0, 0.1) is 16.7 Å². The summed E-state index contributed by atoms with van der Waals surface area (Å²) in [6.07, 6.45) is 43.0. The normalized spacial score (nSPS) is 32.7. The van der Waals surface area contributed by atoms with Crippen molar-refractivity contribution in [2.75, 3.05) is 59.3 Å². The Balaban J connectivity index is 0.000000121. The first-order valence-corrected chi connectivity index (χ1v) is 49.9. The minimum atomic E-state index is -1.16. The van der Waals surface area contributed by atoms with Gasteiger partial charge in [-0.25, -0.2) is 71.8 Å². The van der Waals surface area contributed by atoms with Crippen LogP contribution in [0.5, 0.6) is 0 Å². The van der Waals surface area contributed by atoms with Crippen molar-refractivity contribution in [1.29, 1.82) is 0 Å². The average molecular weight is 1930 g/mol. The predicted octanol–water partition coefficient (Wildman–Crippen LogP) is 18.8. The number of fused-ring (bicyclic) bond motifs is 5. The number of halogens is 5. The van der Waals surface area contributed by atoms with Crippen molar-refractivity contribution >= 4 is 114 Å². The largest absolute Gasteiger partial charge is 0.365 e. The summed E-state index contributed by atoms with van der Waals surface area (Å²) in [6, 6.07) is 1.57. The molecule has 10 aromatic heterocycles. The monoisotopic (exact) mass is 1920 g/mol. The molecular formula is C105H138F5N25O5. The Morgan fingerprint density at radius 2 is 0.586 bits per heavy atom. The first kappa shape index (κ1) is 99.4. The second-order valence-corrected chi connectivity index (χ2v) is 43.0. The number of carbonyl (C=O) groups is 5. The highest BCUT2D eigenvalue weighted by Gasteiger charge is 2.69. The second kappa shape index (κ2) is 39.0. The van der Waals surface area contributed by atoms with Gasteiger partial charge in [0.05, 0.1) is 26.9 Å². The number of likely N-dealkylation sites (tertiary alicyclic amines) is 5. The number of carbonyl (C=O) groups excluding carboxylic acids is 5. The van der Waals surface area contributed by atoms with Crippen LogP contribution in [0.3, 0.4) is 0 Å². The Morgan fingerprint density at radius 3 is 0.821 bits per heavy atom. The van der Waals surface area contributed by atoms with Gasteiger partial charge in [-0.15, -0.1) is 0 Å². The van der Waals surface area contributed by atoms with Gasteiger partial charge in [0.15, 0.2) is 0 Å². The maximum Gasteiger partial charge on any atom is 0.246 e. The van der Waals surface area contributed by atoms with Crippen LogP contribution in [0.25, 0.3) is 55.2 Å². The molecule has 7 aliphatic carbocycles. The number of hydrogen-bond acceptors (Lipinski definition) is 20. The van der Waals surface area contributed by atoms with E-state index in [0.717, 1.165) is 181 Å². The van der Waals surface area contributed by atoms with Gasteiger partial charge >= 0.3 is 0 Å².